The van der Waals surface area contributed by atoms with E-state index < -0.39 is 90.1 Å². The second-order valence-corrected chi connectivity index (χ2v) is 19.5. The lowest BCUT2D eigenvalue weighted by Crippen LogP contribution is -2.59. The first kappa shape index (κ1) is 50.0. The Morgan fingerprint density at radius 2 is 1.05 bits per heavy atom. The van der Waals surface area contributed by atoms with E-state index in [1.165, 1.54) is 33.3 Å². The van der Waals surface area contributed by atoms with E-state index in [2.05, 4.69) is 31.3 Å². The van der Waals surface area contributed by atoms with Gasteiger partial charge in [-0.25, -0.2) is 4.79 Å². The Bertz CT molecular complexity index is 1840. The molecule has 0 saturated heterocycles. The summed E-state index contributed by atoms with van der Waals surface area (Å²) >= 11 is 0. The molecule has 0 radical (unpaired) electrons. The Hall–Kier alpha value is -5.02. The van der Waals surface area contributed by atoms with Crippen molar-refractivity contribution in [3.8, 4) is 0 Å². The van der Waals surface area contributed by atoms with Crippen LogP contribution in [-0.2, 0) is 46.3 Å². The fourth-order valence-corrected chi connectivity index (χ4v) is 10.2. The van der Waals surface area contributed by atoms with Crippen LogP contribution in [0.25, 0.3) is 0 Å². The molecule has 7 N–H and O–H groups in total. The summed E-state index contributed by atoms with van der Waals surface area (Å²) in [5, 5.41) is 36.1. The van der Waals surface area contributed by atoms with E-state index in [4.69, 9.17) is 4.74 Å². The molecule has 0 aromatic heterocycles. The smallest absolute Gasteiger partial charge is 0.408 e. The van der Waals surface area contributed by atoms with Gasteiger partial charge in [0, 0.05) is 12.8 Å². The van der Waals surface area contributed by atoms with Crippen LogP contribution in [0.3, 0.4) is 0 Å². The third kappa shape index (κ3) is 15.0. The molecule has 0 aliphatic heterocycles. The summed E-state index contributed by atoms with van der Waals surface area (Å²) < 4.78 is 10.9. The van der Waals surface area contributed by atoms with Gasteiger partial charge in [-0.3, -0.25) is 24.0 Å². The highest BCUT2D eigenvalue weighted by Gasteiger charge is 2.53. The van der Waals surface area contributed by atoms with Crippen LogP contribution in [0.2, 0.25) is 0 Å². The predicted octanol–water partition coefficient (Wildman–Crippen LogP) is 4.26. The summed E-state index contributed by atoms with van der Waals surface area (Å²) in [6, 6.07) is 13.5. The average Bonchev–Trinajstić information content (AvgIpc) is 3.22. The van der Waals surface area contributed by atoms with Crippen molar-refractivity contribution in [2.24, 2.45) is 29.6 Å². The number of aliphatic hydroxyl groups excluding tert-OH is 2. The van der Waals surface area contributed by atoms with Gasteiger partial charge in [-0.15, -0.1) is 0 Å². The second kappa shape index (κ2) is 23.3. The zero-order valence-corrected chi connectivity index (χ0v) is 38.3. The Labute approximate surface area is 378 Å². The quantitative estimate of drug-likeness (QED) is 0.0786. The molecule has 15 heteroatoms. The topological polar surface area (TPSA) is 221 Å². The highest BCUT2D eigenvalue weighted by Crippen LogP contribution is 2.57. The average molecular weight is 890 g/mol. The molecule has 6 rings (SSSR count). The summed E-state index contributed by atoms with van der Waals surface area (Å²) in [6.45, 7) is 9.09. The number of alkyl carbamates (subject to hydrolysis) is 1. The molecule has 2 aromatic carbocycles. The number of ether oxygens (including phenoxy) is 2. The Balaban J connectivity index is 1.26. The lowest BCUT2D eigenvalue weighted by atomic mass is 9.54. The molecular formula is C49H71N5O10. The van der Waals surface area contributed by atoms with Crippen LogP contribution >= 0.6 is 0 Å². The standard InChI is InChI=1S/C49H71N5O10/c1-29(2)17-37(41(55)24-43(57)50-31(5)45(59)51-38(18-30(3)4)42(56)25-44(58)63-6)52-46(60)39(22-32-13-9-7-10-14-32)53-47(61)40(23-33-15-11-8-12-16-33)54-48(62)64-49-26-34-19-35(27-49)21-36(20-34)28-49/h7-16,29-31,34-42,55-56H,17-28H2,1-6H3,(H,50,57)(H,51,59)(H,52,60)(H,53,61)(H,54,62)/t31-,34?,35?,36?,37-,38-,39-,40-,41-,42-,49?/m0/s1. The van der Waals surface area contributed by atoms with Crippen LogP contribution in [0.5, 0.6) is 0 Å². The molecule has 2 aromatic rings. The van der Waals surface area contributed by atoms with E-state index in [0.29, 0.717) is 24.2 Å². The third-order valence-electron chi connectivity index (χ3n) is 12.9. The van der Waals surface area contributed by atoms with Crippen LogP contribution in [-0.4, -0.2) is 101 Å². The van der Waals surface area contributed by atoms with Gasteiger partial charge in [-0.2, -0.15) is 0 Å². The predicted molar refractivity (Wildman–Crippen MR) is 240 cm³/mol. The van der Waals surface area contributed by atoms with E-state index in [0.717, 1.165) is 30.4 Å². The normalized spacial score (nSPS) is 23.1. The van der Waals surface area contributed by atoms with Gasteiger partial charge in [-0.05, 0) is 99.0 Å². The number of nitrogens with one attached hydrogen (secondary N) is 5. The number of carbonyl (C=O) groups excluding carboxylic acids is 6. The molecule has 15 nitrogen and oxygen atoms in total. The van der Waals surface area contributed by atoms with Gasteiger partial charge in [0.25, 0.3) is 0 Å². The molecule has 4 saturated carbocycles. The number of esters is 1. The van der Waals surface area contributed by atoms with Gasteiger partial charge in [0.15, 0.2) is 0 Å². The maximum atomic E-state index is 14.3. The number of methoxy groups -OCH3 is 1. The van der Waals surface area contributed by atoms with Gasteiger partial charge in [0.2, 0.25) is 23.6 Å². The van der Waals surface area contributed by atoms with Crippen LogP contribution in [0.1, 0.15) is 110 Å². The summed E-state index contributed by atoms with van der Waals surface area (Å²) in [4.78, 5) is 80.6. The minimum Gasteiger partial charge on any atom is -0.469 e. The third-order valence-corrected chi connectivity index (χ3v) is 12.9. The van der Waals surface area contributed by atoms with Gasteiger partial charge in [0.05, 0.1) is 44.2 Å². The minimum absolute atomic E-state index is 0.0244. The first-order valence-corrected chi connectivity index (χ1v) is 23.1. The van der Waals surface area contributed by atoms with Crippen molar-refractivity contribution in [3.05, 3.63) is 71.8 Å². The van der Waals surface area contributed by atoms with Crippen molar-refractivity contribution in [1.82, 2.24) is 26.6 Å². The number of hydrogen-bond donors (Lipinski definition) is 7. The van der Waals surface area contributed by atoms with Crippen molar-refractivity contribution in [2.75, 3.05) is 7.11 Å². The van der Waals surface area contributed by atoms with Crippen LogP contribution in [0.4, 0.5) is 4.79 Å². The Morgan fingerprint density at radius 3 is 1.52 bits per heavy atom. The molecule has 64 heavy (non-hydrogen) atoms. The van der Waals surface area contributed by atoms with E-state index >= 15 is 0 Å². The number of amides is 5. The van der Waals surface area contributed by atoms with Crippen molar-refractivity contribution in [2.45, 2.75) is 160 Å². The molecular weight excluding hydrogens is 819 g/mol. The first-order chi connectivity index (χ1) is 30.4. The number of rotatable bonds is 23. The minimum atomic E-state index is -1.38. The Kier molecular flexibility index (Phi) is 18.2. The van der Waals surface area contributed by atoms with Crippen LogP contribution in [0, 0.1) is 29.6 Å². The molecule has 0 heterocycles. The van der Waals surface area contributed by atoms with Gasteiger partial charge in [-0.1, -0.05) is 88.4 Å². The van der Waals surface area contributed by atoms with E-state index in [1.54, 1.807) is 0 Å². The fraction of sp³-hybridized carbons (Fsp3) is 0.633. The summed E-state index contributed by atoms with van der Waals surface area (Å²) in [7, 11) is 1.21. The molecule has 4 fully saturated rings. The molecule has 352 valence electrons. The molecule has 4 bridgehead atoms. The largest absolute Gasteiger partial charge is 0.469 e. The SMILES string of the molecule is COC(=O)C[C@H](O)[C@H](CC(C)C)NC(=O)[C@H](C)NC(=O)C[C@H](O)[C@H](CC(C)C)NC(=O)[C@H](Cc1ccccc1)NC(=O)[C@H](Cc1ccccc1)NC(=O)OC12CC3CC(CC(C3)C1)C2. The summed E-state index contributed by atoms with van der Waals surface area (Å²) in [5.74, 6) is -1.35. The van der Waals surface area contributed by atoms with E-state index in [1.807, 2.05) is 88.4 Å². The van der Waals surface area contributed by atoms with Crippen molar-refractivity contribution < 1.29 is 48.5 Å². The molecule has 7 atom stereocenters. The van der Waals surface area contributed by atoms with Gasteiger partial charge < -0.3 is 46.3 Å². The number of hydrogen-bond acceptors (Lipinski definition) is 10. The zero-order valence-electron chi connectivity index (χ0n) is 38.3. The highest BCUT2D eigenvalue weighted by atomic mass is 16.6. The lowest BCUT2D eigenvalue weighted by Gasteiger charge is -2.55. The molecule has 4 aliphatic carbocycles. The summed E-state index contributed by atoms with van der Waals surface area (Å²) in [6.07, 6.45) is 2.93. The van der Waals surface area contributed by atoms with Crippen molar-refractivity contribution in [1.29, 1.82) is 0 Å². The van der Waals surface area contributed by atoms with Crippen LogP contribution in [0.15, 0.2) is 60.7 Å². The summed E-state index contributed by atoms with van der Waals surface area (Å²) in [5.41, 5.74) is 1.04. The molecule has 0 spiro atoms. The Morgan fingerprint density at radius 1 is 0.609 bits per heavy atom. The van der Waals surface area contributed by atoms with Gasteiger partial charge >= 0.3 is 12.1 Å². The monoisotopic (exact) mass is 890 g/mol. The molecule has 4 aliphatic rings. The maximum Gasteiger partial charge on any atom is 0.408 e. The first-order valence-electron chi connectivity index (χ1n) is 23.1. The van der Waals surface area contributed by atoms with E-state index in [9.17, 15) is 39.0 Å². The van der Waals surface area contributed by atoms with Crippen molar-refractivity contribution >= 4 is 35.7 Å². The molecule has 0 unspecified atom stereocenters. The second-order valence-electron chi connectivity index (χ2n) is 19.5. The highest BCUT2D eigenvalue weighted by molar-refractivity contribution is 5.92. The van der Waals surface area contributed by atoms with Crippen LogP contribution < -0.4 is 26.6 Å². The lowest BCUT2D eigenvalue weighted by molar-refractivity contribution is -0.144. The number of aliphatic hydroxyl groups is 2. The maximum absolute atomic E-state index is 14.3. The fourth-order valence-electron chi connectivity index (χ4n) is 10.2. The van der Waals surface area contributed by atoms with Gasteiger partial charge in [0.1, 0.15) is 23.7 Å². The van der Waals surface area contributed by atoms with Crippen molar-refractivity contribution in [3.63, 3.8) is 0 Å². The zero-order chi connectivity index (χ0) is 46.6. The number of carbonyl (C=O) groups is 6. The van der Waals surface area contributed by atoms with E-state index in [-0.39, 0.29) is 37.5 Å². The molecule has 5 amide bonds. The number of benzene rings is 2.